The van der Waals surface area contributed by atoms with Crippen LogP contribution in [0.15, 0.2) is 84.9 Å². The number of rotatable bonds is 8. The second kappa shape index (κ2) is 30.1. The van der Waals surface area contributed by atoms with E-state index in [1.165, 1.54) is 60.5 Å². The Morgan fingerprint density at radius 2 is 0.624 bits per heavy atom. The van der Waals surface area contributed by atoms with Crippen LogP contribution < -0.4 is 58.5 Å². The summed E-state index contributed by atoms with van der Waals surface area (Å²) < 4.78 is 0. The average molecular weight is 1290 g/mol. The predicted octanol–water partition coefficient (Wildman–Crippen LogP) is 3.91. The van der Waals surface area contributed by atoms with Gasteiger partial charge in [-0.15, -0.1) is 0 Å². The number of carbonyl (C=O) groups is 12. The first-order valence-corrected chi connectivity index (χ1v) is 32.5. The number of nitrogens with one attached hydrogen (secondary N) is 11. The number of likely N-dealkylation sites (tertiary alicyclic amines) is 1. The van der Waals surface area contributed by atoms with Crippen LogP contribution in [0.2, 0.25) is 0 Å². The fourth-order valence-corrected chi connectivity index (χ4v) is 14.1. The minimum Gasteiger partial charge on any atom is -0.359 e. The Balaban J connectivity index is 0.00000946. The van der Waals surface area contributed by atoms with E-state index in [9.17, 15) is 57.5 Å². The van der Waals surface area contributed by atoms with Gasteiger partial charge in [-0.1, -0.05) is 63.5 Å². The lowest BCUT2D eigenvalue weighted by molar-refractivity contribution is -0.130. The molecule has 1 saturated heterocycles. The molecule has 4 aromatic carbocycles. The highest BCUT2D eigenvalue weighted by Crippen LogP contribution is 2.27. The first kappa shape index (κ1) is 66.9. The molecule has 93 heavy (non-hydrogen) atoms. The van der Waals surface area contributed by atoms with Gasteiger partial charge in [0.15, 0.2) is 0 Å². The monoisotopic (exact) mass is 1290 g/mol. The van der Waals surface area contributed by atoms with Gasteiger partial charge in [0, 0.05) is 137 Å². The molecule has 1 unspecified atom stereocenters. The van der Waals surface area contributed by atoms with Gasteiger partial charge in [0.25, 0.3) is 59.1 Å². The highest BCUT2D eigenvalue weighted by molar-refractivity contribution is 6.92. The van der Waals surface area contributed by atoms with Crippen LogP contribution in [-0.4, -0.2) is 156 Å². The van der Waals surface area contributed by atoms with Crippen molar-refractivity contribution in [2.45, 2.75) is 182 Å². The van der Waals surface area contributed by atoms with Crippen LogP contribution in [0, 0.1) is 0 Å². The van der Waals surface area contributed by atoms with Crippen LogP contribution in [0.1, 0.15) is 226 Å². The Labute approximate surface area is 542 Å². The maximum Gasteiger partial charge on any atom is 0.251 e. The molecule has 11 atom stereocenters. The van der Waals surface area contributed by atoms with Crippen molar-refractivity contribution in [3.05, 3.63) is 141 Å². The highest BCUT2D eigenvalue weighted by Gasteiger charge is 2.40. The van der Waals surface area contributed by atoms with E-state index in [0.717, 1.165) is 51.4 Å². The van der Waals surface area contributed by atoms with Gasteiger partial charge in [0.2, 0.25) is 11.8 Å². The van der Waals surface area contributed by atoms with Crippen molar-refractivity contribution in [3.8, 4) is 0 Å². The number of amides is 12. The SMILES string of the molecule is CNC(=O)CCCC(=O)N1C[C@H](NC(=O)c2cc3cc(c2)C(=O)N[C@@H]2CCCC[C@H]2NC(=O)c2cccc(c2)C(=O)N[C@@H]2CCCC[C@H]2NC3=O)[C@@H](NC(=O)c2cc3cc(c2)C(=O)N[C@@H]2CCCC[C@H]2NC(=O)c2cccc(c2)C(=O)N[C@@H]2CCCC[C@H]2NC3=O)C1.P. The van der Waals surface area contributed by atoms with Gasteiger partial charge in [-0.3, -0.25) is 57.5 Å². The van der Waals surface area contributed by atoms with E-state index in [0.29, 0.717) is 51.4 Å². The molecule has 5 fully saturated rings. The lowest BCUT2D eigenvalue weighted by Crippen LogP contribution is -2.54. The van der Waals surface area contributed by atoms with Crippen molar-refractivity contribution in [3.63, 3.8) is 0 Å². The Kier molecular flexibility index (Phi) is 21.7. The first-order valence-electron chi connectivity index (χ1n) is 32.5. The fourth-order valence-electron chi connectivity index (χ4n) is 14.1. The predicted molar refractivity (Wildman–Crippen MR) is 348 cm³/mol. The molecule has 12 amide bonds. The van der Waals surface area contributed by atoms with Crippen molar-refractivity contribution in [1.82, 2.24) is 63.4 Å². The molecule has 8 bridgehead atoms. The lowest BCUT2D eigenvalue weighted by Gasteiger charge is -2.33. The van der Waals surface area contributed by atoms with Gasteiger partial charge in [-0.05, 0) is 131 Å². The molecule has 4 saturated carbocycles. The molecular weight excluding hydrogens is 1210 g/mol. The molecule has 3 aliphatic heterocycles. The molecule has 7 aliphatic rings. The molecule has 0 aromatic heterocycles. The first-order chi connectivity index (χ1) is 44.4. The van der Waals surface area contributed by atoms with Gasteiger partial charge in [0.1, 0.15) is 0 Å². The third-order valence-electron chi connectivity index (χ3n) is 19.2. The minimum absolute atomic E-state index is 0. The van der Waals surface area contributed by atoms with Crippen LogP contribution in [-0.2, 0) is 9.59 Å². The molecule has 24 nitrogen and oxygen atoms in total. The zero-order chi connectivity index (χ0) is 64.6. The van der Waals surface area contributed by atoms with E-state index in [4.69, 9.17) is 0 Å². The van der Waals surface area contributed by atoms with E-state index < -0.39 is 119 Å². The molecule has 4 aromatic rings. The van der Waals surface area contributed by atoms with Gasteiger partial charge in [-0.2, -0.15) is 9.90 Å². The normalized spacial score (nSPS) is 26.0. The van der Waals surface area contributed by atoms with Crippen LogP contribution in [0.25, 0.3) is 0 Å². The van der Waals surface area contributed by atoms with Gasteiger partial charge in [-0.25, -0.2) is 0 Å². The second-order valence-electron chi connectivity index (χ2n) is 25.5. The average Bonchev–Trinajstić information content (AvgIpc) is 1.79. The zero-order valence-electron chi connectivity index (χ0n) is 52.3. The maximum atomic E-state index is 15.0. The Bertz CT molecular complexity index is 3220. The van der Waals surface area contributed by atoms with Crippen molar-refractivity contribution in [2.75, 3.05) is 20.1 Å². The molecule has 492 valence electrons. The number of hydrogen-bond acceptors (Lipinski definition) is 12. The van der Waals surface area contributed by atoms with Crippen LogP contribution >= 0.6 is 9.90 Å². The number of benzene rings is 4. The third-order valence-corrected chi connectivity index (χ3v) is 19.2. The molecule has 0 spiro atoms. The van der Waals surface area contributed by atoms with E-state index in [1.807, 2.05) is 0 Å². The van der Waals surface area contributed by atoms with Crippen LogP contribution in [0.5, 0.6) is 0 Å². The lowest BCUT2D eigenvalue weighted by atomic mass is 9.89. The maximum absolute atomic E-state index is 15.0. The molecular formula is C68H83N12O12P. The minimum atomic E-state index is -1.03. The molecule has 25 heteroatoms. The summed E-state index contributed by atoms with van der Waals surface area (Å²) in [5.41, 5.74) is 0.698. The molecule has 0 radical (unpaired) electrons. The summed E-state index contributed by atoms with van der Waals surface area (Å²) in [6.07, 6.45) is 10.5. The molecule has 3 heterocycles. The van der Waals surface area contributed by atoms with Crippen LogP contribution in [0.4, 0.5) is 0 Å². The highest BCUT2D eigenvalue weighted by atomic mass is 31.0. The summed E-state index contributed by atoms with van der Waals surface area (Å²) in [6, 6.07) is 14.7. The molecule has 4 aliphatic carbocycles. The zero-order valence-corrected chi connectivity index (χ0v) is 53.7. The van der Waals surface area contributed by atoms with Crippen molar-refractivity contribution in [1.29, 1.82) is 0 Å². The van der Waals surface area contributed by atoms with Crippen molar-refractivity contribution in [2.24, 2.45) is 0 Å². The number of fused-ring (bicyclic) bond motifs is 12. The topological polar surface area (TPSA) is 340 Å². The van der Waals surface area contributed by atoms with Gasteiger partial charge in [0.05, 0.1) is 12.1 Å². The molecule has 11 rings (SSSR count). The second-order valence-corrected chi connectivity index (χ2v) is 25.5. The summed E-state index contributed by atoms with van der Waals surface area (Å²) in [4.78, 5) is 171. The number of hydrogen-bond donors (Lipinski definition) is 11. The Morgan fingerprint density at radius 1 is 0.376 bits per heavy atom. The fraction of sp³-hybridized carbons (Fsp3) is 0.471. The van der Waals surface area contributed by atoms with Crippen LogP contribution in [0.3, 0.4) is 0 Å². The Morgan fingerprint density at radius 3 is 0.882 bits per heavy atom. The smallest absolute Gasteiger partial charge is 0.251 e. The summed E-state index contributed by atoms with van der Waals surface area (Å²) >= 11 is 0. The molecule has 11 N–H and O–H groups in total. The quantitative estimate of drug-likeness (QED) is 0.112. The Hall–Kier alpha value is -9.05. The number of carbonyl (C=O) groups excluding carboxylic acids is 12. The summed E-state index contributed by atoms with van der Waals surface area (Å²) in [7, 11) is 1.49. The van der Waals surface area contributed by atoms with Crippen molar-refractivity contribution >= 4 is 80.8 Å². The van der Waals surface area contributed by atoms with E-state index in [-0.39, 0.29) is 110 Å². The summed E-state index contributed by atoms with van der Waals surface area (Å²) in [6.45, 7) is -0.259. The standard InChI is InChI=1S/C68H80N12O12.H3P/c1-69-57(81)25-12-26-58(82)80-35-55(78-67(91)45-31-41-29-42(32-45)64(88)75-52-22-7-3-18-48(52)71-60(84)38-14-10-13-37(27-38)59(83)70-47-17-2-6-21-51(47)74-63(41)87)56(36-80)79-68(92)46-33-43-30-44(34-46)66(90)77-54-24-9-5-20-50(54)73-62(86)40-16-11-15-39(28-40)61(85)72-49-19-4-8-23-53(49)76-65(43)89;/h10-11,13-16,27-34,47-56H,2-9,12,17-26,35-36H2,1H3,(H,69,81)(H,70,83)(H,71,84)(H,72,85)(H,73,86)(H,74,87)(H,75,88)(H,76,89)(H,77,90)(H,78,91)(H,79,92);1H3/t47-,48-,49-,50-,51-,52-,53-,54-,55+,56+;/m1./s1. The summed E-state index contributed by atoms with van der Waals surface area (Å²) in [5, 5.41) is 33.0. The number of nitrogens with zero attached hydrogens (tertiary/aromatic N) is 1. The van der Waals surface area contributed by atoms with Gasteiger partial charge >= 0.3 is 0 Å². The third kappa shape index (κ3) is 16.2. The largest absolute Gasteiger partial charge is 0.359 e. The van der Waals surface area contributed by atoms with Crippen molar-refractivity contribution < 1.29 is 57.5 Å². The van der Waals surface area contributed by atoms with E-state index in [2.05, 4.69) is 58.5 Å². The van der Waals surface area contributed by atoms with E-state index in [1.54, 1.807) is 36.4 Å². The van der Waals surface area contributed by atoms with Gasteiger partial charge < -0.3 is 63.4 Å². The van der Waals surface area contributed by atoms with E-state index >= 15 is 0 Å². The summed E-state index contributed by atoms with van der Waals surface area (Å²) in [5.74, 6) is -6.29.